The van der Waals surface area contributed by atoms with E-state index in [1.165, 1.54) is 11.8 Å². The van der Waals surface area contributed by atoms with E-state index in [0.29, 0.717) is 17.9 Å². The molecule has 1 aromatic carbocycles. The molecule has 0 aliphatic rings. The molecule has 1 aromatic rings. The molecule has 0 saturated carbocycles. The smallest absolute Gasteiger partial charge is 0.313 e. The zero-order valence-corrected chi connectivity index (χ0v) is 12.0. The zero-order chi connectivity index (χ0) is 15.8. The van der Waals surface area contributed by atoms with E-state index in [0.717, 1.165) is 0 Å². The molecule has 0 saturated heterocycles. The number of benzene rings is 1. The highest BCUT2D eigenvalue weighted by atomic mass is 16.3. The predicted molar refractivity (Wildman–Crippen MR) is 78.7 cm³/mol. The molecule has 0 atom stereocenters. The molecule has 3 amide bonds. The van der Waals surface area contributed by atoms with Crippen molar-refractivity contribution < 1.29 is 19.5 Å². The van der Waals surface area contributed by atoms with Crippen molar-refractivity contribution in [2.45, 2.75) is 13.8 Å². The minimum absolute atomic E-state index is 0.115. The number of aliphatic hydroxyl groups is 1. The number of nitrogens with one attached hydrogen (secondary N) is 2. The number of nitrogens with zero attached hydrogens (tertiary/aromatic N) is 1. The van der Waals surface area contributed by atoms with Crippen LogP contribution in [-0.2, 0) is 14.4 Å². The number of aliphatic hydroxyl groups excluding tert-OH is 1. The number of carbonyl (C=O) groups is 3. The molecule has 0 unspecified atom stereocenters. The van der Waals surface area contributed by atoms with Gasteiger partial charge in [-0.15, -0.1) is 0 Å². The molecule has 0 fully saturated rings. The summed E-state index contributed by atoms with van der Waals surface area (Å²) in [5.74, 6) is -1.65. The molecule has 0 bridgehead atoms. The van der Waals surface area contributed by atoms with E-state index < -0.39 is 11.8 Å². The number of carbonyl (C=O) groups excluding carboxylic acids is 3. The minimum atomic E-state index is -0.766. The highest BCUT2D eigenvalue weighted by molar-refractivity contribution is 6.39. The molecule has 0 heterocycles. The third kappa shape index (κ3) is 5.23. The Morgan fingerprint density at radius 1 is 1.10 bits per heavy atom. The first-order valence-electron chi connectivity index (χ1n) is 6.56. The van der Waals surface area contributed by atoms with Gasteiger partial charge in [0.05, 0.1) is 6.61 Å². The number of likely N-dealkylation sites (N-methyl/N-ethyl adjacent to an activating group) is 1. The van der Waals surface area contributed by atoms with Crippen LogP contribution in [0.25, 0.3) is 0 Å². The summed E-state index contributed by atoms with van der Waals surface area (Å²) in [5, 5.41) is 13.9. The molecule has 114 valence electrons. The third-order valence-electron chi connectivity index (χ3n) is 2.70. The SMILES string of the molecule is CCN(CCO)C(=O)C(=O)Nc1ccc(NC(C)=O)cc1. The van der Waals surface area contributed by atoms with Gasteiger partial charge < -0.3 is 20.6 Å². The van der Waals surface area contributed by atoms with Gasteiger partial charge in [-0.05, 0) is 31.2 Å². The van der Waals surface area contributed by atoms with Crippen LogP contribution in [0, 0.1) is 0 Å². The second kappa shape index (κ2) is 8.01. The van der Waals surface area contributed by atoms with E-state index >= 15 is 0 Å². The van der Waals surface area contributed by atoms with E-state index in [-0.39, 0.29) is 19.1 Å². The van der Waals surface area contributed by atoms with Gasteiger partial charge in [-0.3, -0.25) is 14.4 Å². The van der Waals surface area contributed by atoms with Crippen LogP contribution >= 0.6 is 0 Å². The number of hydrogen-bond acceptors (Lipinski definition) is 4. The van der Waals surface area contributed by atoms with E-state index in [4.69, 9.17) is 5.11 Å². The summed E-state index contributed by atoms with van der Waals surface area (Å²) in [5.41, 5.74) is 1.05. The maximum absolute atomic E-state index is 11.8. The van der Waals surface area contributed by atoms with Gasteiger partial charge in [-0.2, -0.15) is 0 Å². The Bertz CT molecular complexity index is 513. The van der Waals surface area contributed by atoms with Crippen molar-refractivity contribution in [1.29, 1.82) is 0 Å². The number of rotatable bonds is 5. The third-order valence-corrected chi connectivity index (χ3v) is 2.70. The summed E-state index contributed by atoms with van der Waals surface area (Å²) in [4.78, 5) is 35.8. The predicted octanol–water partition coefficient (Wildman–Crippen LogP) is 0.424. The van der Waals surface area contributed by atoms with Gasteiger partial charge in [0, 0.05) is 31.4 Å². The zero-order valence-electron chi connectivity index (χ0n) is 12.0. The van der Waals surface area contributed by atoms with Gasteiger partial charge in [-0.1, -0.05) is 0 Å². The van der Waals surface area contributed by atoms with Gasteiger partial charge in [-0.25, -0.2) is 0 Å². The lowest BCUT2D eigenvalue weighted by molar-refractivity contribution is -0.143. The van der Waals surface area contributed by atoms with Crippen molar-refractivity contribution in [2.24, 2.45) is 0 Å². The average molecular weight is 293 g/mol. The molecule has 1 rings (SSSR count). The normalized spacial score (nSPS) is 9.86. The van der Waals surface area contributed by atoms with E-state index in [2.05, 4.69) is 10.6 Å². The van der Waals surface area contributed by atoms with E-state index in [1.807, 2.05) is 0 Å². The average Bonchev–Trinajstić information content (AvgIpc) is 2.45. The Morgan fingerprint density at radius 2 is 1.62 bits per heavy atom. The Labute approximate surface area is 122 Å². The van der Waals surface area contributed by atoms with Crippen LogP contribution in [-0.4, -0.2) is 47.4 Å². The van der Waals surface area contributed by atoms with Crippen molar-refractivity contribution in [2.75, 3.05) is 30.3 Å². The quantitative estimate of drug-likeness (QED) is 0.685. The molecule has 0 spiro atoms. The minimum Gasteiger partial charge on any atom is -0.395 e. The van der Waals surface area contributed by atoms with Crippen LogP contribution in [0.15, 0.2) is 24.3 Å². The number of hydrogen-bond donors (Lipinski definition) is 3. The van der Waals surface area contributed by atoms with E-state index in [9.17, 15) is 14.4 Å². The summed E-state index contributed by atoms with van der Waals surface area (Å²) in [6.07, 6.45) is 0. The van der Waals surface area contributed by atoms with Crippen LogP contribution in [0.2, 0.25) is 0 Å². The Hall–Kier alpha value is -2.41. The highest BCUT2D eigenvalue weighted by Gasteiger charge is 2.20. The summed E-state index contributed by atoms with van der Waals surface area (Å²) in [6.45, 7) is 3.38. The highest BCUT2D eigenvalue weighted by Crippen LogP contribution is 2.13. The van der Waals surface area contributed by atoms with Crippen molar-refractivity contribution in [3.8, 4) is 0 Å². The fraction of sp³-hybridized carbons (Fsp3) is 0.357. The summed E-state index contributed by atoms with van der Waals surface area (Å²) >= 11 is 0. The molecule has 21 heavy (non-hydrogen) atoms. The van der Waals surface area contributed by atoms with Crippen molar-refractivity contribution in [1.82, 2.24) is 4.90 Å². The lowest BCUT2D eigenvalue weighted by Crippen LogP contribution is -2.41. The summed E-state index contributed by atoms with van der Waals surface area (Å²) in [7, 11) is 0. The number of anilines is 2. The van der Waals surface area contributed by atoms with Gasteiger partial charge >= 0.3 is 11.8 Å². The Balaban J connectivity index is 2.65. The fourth-order valence-electron chi connectivity index (χ4n) is 1.69. The first-order valence-corrected chi connectivity index (χ1v) is 6.56. The molecule has 7 heteroatoms. The van der Waals surface area contributed by atoms with Crippen LogP contribution in [0.3, 0.4) is 0 Å². The largest absolute Gasteiger partial charge is 0.395 e. The van der Waals surface area contributed by atoms with Crippen LogP contribution in [0.1, 0.15) is 13.8 Å². The monoisotopic (exact) mass is 293 g/mol. The lowest BCUT2D eigenvalue weighted by Gasteiger charge is -2.18. The first kappa shape index (κ1) is 16.6. The van der Waals surface area contributed by atoms with Crippen LogP contribution in [0.5, 0.6) is 0 Å². The Kier molecular flexibility index (Phi) is 6.35. The second-order valence-electron chi connectivity index (χ2n) is 4.32. The molecule has 0 aromatic heterocycles. The molecule has 0 aliphatic heterocycles. The van der Waals surface area contributed by atoms with Gasteiger partial charge in [0.25, 0.3) is 0 Å². The standard InChI is InChI=1S/C14H19N3O4/c1-3-17(8-9-18)14(21)13(20)16-12-6-4-11(5-7-12)15-10(2)19/h4-7,18H,3,8-9H2,1-2H3,(H,15,19)(H,16,20). The molecule has 0 radical (unpaired) electrons. The van der Waals surface area contributed by atoms with Gasteiger partial charge in [0.2, 0.25) is 5.91 Å². The molecule has 7 nitrogen and oxygen atoms in total. The maximum Gasteiger partial charge on any atom is 0.313 e. The van der Waals surface area contributed by atoms with Gasteiger partial charge in [0.15, 0.2) is 0 Å². The molecular weight excluding hydrogens is 274 g/mol. The molecule has 3 N–H and O–H groups in total. The van der Waals surface area contributed by atoms with Crippen molar-refractivity contribution >= 4 is 29.1 Å². The molecular formula is C14H19N3O4. The fourth-order valence-corrected chi connectivity index (χ4v) is 1.69. The van der Waals surface area contributed by atoms with Crippen LogP contribution < -0.4 is 10.6 Å². The topological polar surface area (TPSA) is 98.7 Å². The maximum atomic E-state index is 11.8. The van der Waals surface area contributed by atoms with Crippen molar-refractivity contribution in [3.63, 3.8) is 0 Å². The second-order valence-corrected chi connectivity index (χ2v) is 4.32. The van der Waals surface area contributed by atoms with Crippen molar-refractivity contribution in [3.05, 3.63) is 24.3 Å². The first-order chi connectivity index (χ1) is 9.97. The van der Waals surface area contributed by atoms with E-state index in [1.54, 1.807) is 31.2 Å². The lowest BCUT2D eigenvalue weighted by atomic mass is 10.2. The number of amides is 3. The van der Waals surface area contributed by atoms with Gasteiger partial charge in [0.1, 0.15) is 0 Å². The summed E-state index contributed by atoms with van der Waals surface area (Å²) in [6, 6.07) is 6.40. The van der Waals surface area contributed by atoms with Crippen LogP contribution in [0.4, 0.5) is 11.4 Å². The summed E-state index contributed by atoms with van der Waals surface area (Å²) < 4.78 is 0. The Morgan fingerprint density at radius 3 is 2.05 bits per heavy atom. The molecule has 0 aliphatic carbocycles.